The van der Waals surface area contributed by atoms with Gasteiger partial charge in [-0.25, -0.2) is 0 Å². The molecule has 0 saturated carbocycles. The van der Waals surface area contributed by atoms with E-state index in [-0.39, 0.29) is 12.4 Å². The number of nitrogens with zero attached hydrogens (tertiary/aromatic N) is 3. The lowest BCUT2D eigenvalue weighted by Crippen LogP contribution is -2.16. The Labute approximate surface area is 141 Å². The van der Waals surface area contributed by atoms with Crippen LogP contribution in [0.1, 0.15) is 11.4 Å². The van der Waals surface area contributed by atoms with Crippen LogP contribution < -0.4 is 10.1 Å². The van der Waals surface area contributed by atoms with E-state index < -0.39 is 0 Å². The molecular formula is C17H19ClN4O. The molecule has 1 heterocycles. The molecule has 0 saturated heterocycles. The van der Waals surface area contributed by atoms with Crippen molar-refractivity contribution in [1.82, 2.24) is 20.1 Å². The van der Waals surface area contributed by atoms with Crippen molar-refractivity contribution in [3.05, 3.63) is 72.3 Å². The zero-order valence-corrected chi connectivity index (χ0v) is 13.7. The van der Waals surface area contributed by atoms with Crippen molar-refractivity contribution in [3.63, 3.8) is 0 Å². The van der Waals surface area contributed by atoms with E-state index >= 15 is 0 Å². The molecule has 0 unspecified atom stereocenters. The lowest BCUT2D eigenvalue weighted by molar-refractivity contribution is 0.414. The van der Waals surface area contributed by atoms with Gasteiger partial charge in [-0.05, 0) is 29.8 Å². The Bertz CT molecular complexity index is 713. The molecule has 120 valence electrons. The Balaban J connectivity index is 0.00000192. The van der Waals surface area contributed by atoms with Crippen LogP contribution in [0.4, 0.5) is 0 Å². The molecular weight excluding hydrogens is 312 g/mol. The van der Waals surface area contributed by atoms with Crippen molar-refractivity contribution in [2.24, 2.45) is 0 Å². The lowest BCUT2D eigenvalue weighted by atomic mass is 10.2. The van der Waals surface area contributed by atoms with Crippen molar-refractivity contribution in [2.75, 3.05) is 7.11 Å². The summed E-state index contributed by atoms with van der Waals surface area (Å²) >= 11 is 0. The van der Waals surface area contributed by atoms with Crippen LogP contribution in [0, 0.1) is 0 Å². The predicted molar refractivity (Wildman–Crippen MR) is 92.1 cm³/mol. The molecule has 0 radical (unpaired) electrons. The standard InChI is InChI=1S/C17H18N4O.ClH/c1-22-16-9-7-14(8-10-16)11-18-12-17-20-19-13-21(17)15-5-3-2-4-6-15;/h2-10,13,18H,11-12H2,1H3;1H. The summed E-state index contributed by atoms with van der Waals surface area (Å²) in [4.78, 5) is 0. The Morgan fingerprint density at radius 3 is 2.43 bits per heavy atom. The molecule has 1 aromatic heterocycles. The van der Waals surface area contributed by atoms with E-state index in [0.717, 1.165) is 23.8 Å². The van der Waals surface area contributed by atoms with E-state index in [0.29, 0.717) is 6.54 Å². The zero-order chi connectivity index (χ0) is 15.2. The summed E-state index contributed by atoms with van der Waals surface area (Å²) in [5.74, 6) is 1.76. The van der Waals surface area contributed by atoms with Gasteiger partial charge in [0.1, 0.15) is 12.1 Å². The number of methoxy groups -OCH3 is 1. The topological polar surface area (TPSA) is 52.0 Å². The average Bonchev–Trinajstić information content (AvgIpc) is 3.05. The van der Waals surface area contributed by atoms with Crippen molar-refractivity contribution in [1.29, 1.82) is 0 Å². The van der Waals surface area contributed by atoms with Gasteiger partial charge in [0.15, 0.2) is 5.82 Å². The van der Waals surface area contributed by atoms with Gasteiger partial charge in [-0.2, -0.15) is 0 Å². The molecule has 0 aliphatic rings. The fraction of sp³-hybridized carbons (Fsp3) is 0.176. The van der Waals surface area contributed by atoms with Gasteiger partial charge in [-0.3, -0.25) is 4.57 Å². The van der Waals surface area contributed by atoms with E-state index in [1.54, 1.807) is 13.4 Å². The number of nitrogens with one attached hydrogen (secondary N) is 1. The van der Waals surface area contributed by atoms with Crippen LogP contribution >= 0.6 is 12.4 Å². The second kappa shape index (κ2) is 8.31. The summed E-state index contributed by atoms with van der Waals surface area (Å²) in [6, 6.07) is 18.1. The first-order valence-electron chi connectivity index (χ1n) is 7.15. The fourth-order valence-electron chi connectivity index (χ4n) is 2.25. The van der Waals surface area contributed by atoms with E-state index in [1.807, 2.05) is 59.2 Å². The molecule has 23 heavy (non-hydrogen) atoms. The number of hydrogen-bond acceptors (Lipinski definition) is 4. The van der Waals surface area contributed by atoms with Gasteiger partial charge in [-0.15, -0.1) is 22.6 Å². The monoisotopic (exact) mass is 330 g/mol. The molecule has 0 spiro atoms. The van der Waals surface area contributed by atoms with Crippen LogP contribution in [0.3, 0.4) is 0 Å². The van der Waals surface area contributed by atoms with Crippen LogP contribution in [0.2, 0.25) is 0 Å². The largest absolute Gasteiger partial charge is 0.497 e. The first kappa shape index (κ1) is 17.0. The number of benzene rings is 2. The smallest absolute Gasteiger partial charge is 0.151 e. The summed E-state index contributed by atoms with van der Waals surface area (Å²) in [7, 11) is 1.67. The number of hydrogen-bond donors (Lipinski definition) is 1. The van der Waals surface area contributed by atoms with E-state index in [1.165, 1.54) is 5.56 Å². The molecule has 5 nitrogen and oxygen atoms in total. The highest BCUT2D eigenvalue weighted by Gasteiger charge is 2.05. The molecule has 3 rings (SSSR count). The summed E-state index contributed by atoms with van der Waals surface area (Å²) in [5.41, 5.74) is 2.26. The maximum Gasteiger partial charge on any atom is 0.151 e. The van der Waals surface area contributed by atoms with Crippen molar-refractivity contribution >= 4 is 12.4 Å². The van der Waals surface area contributed by atoms with E-state index in [9.17, 15) is 0 Å². The molecule has 0 bridgehead atoms. The normalized spacial score (nSPS) is 10.1. The molecule has 1 N–H and O–H groups in total. The molecule has 0 aliphatic heterocycles. The molecule has 0 amide bonds. The van der Waals surface area contributed by atoms with Crippen LogP contribution in [-0.2, 0) is 13.1 Å². The molecule has 2 aromatic carbocycles. The number of aromatic nitrogens is 3. The maximum absolute atomic E-state index is 5.16. The summed E-state index contributed by atoms with van der Waals surface area (Å²) in [5, 5.41) is 11.6. The van der Waals surface area contributed by atoms with Gasteiger partial charge in [0, 0.05) is 12.2 Å². The highest BCUT2D eigenvalue weighted by Crippen LogP contribution is 2.12. The molecule has 0 aliphatic carbocycles. The van der Waals surface area contributed by atoms with Crippen molar-refractivity contribution in [3.8, 4) is 11.4 Å². The van der Waals surface area contributed by atoms with Crippen molar-refractivity contribution < 1.29 is 4.74 Å². The molecule has 0 atom stereocenters. The molecule has 6 heteroatoms. The van der Waals surface area contributed by atoms with Crippen LogP contribution in [0.15, 0.2) is 60.9 Å². The van der Waals surface area contributed by atoms with Gasteiger partial charge < -0.3 is 10.1 Å². The van der Waals surface area contributed by atoms with Gasteiger partial charge in [-0.1, -0.05) is 30.3 Å². The number of rotatable bonds is 6. The van der Waals surface area contributed by atoms with Gasteiger partial charge >= 0.3 is 0 Å². The number of ether oxygens (including phenoxy) is 1. The third kappa shape index (κ3) is 4.31. The third-order valence-electron chi connectivity index (χ3n) is 3.42. The zero-order valence-electron chi connectivity index (χ0n) is 12.8. The second-order valence-corrected chi connectivity index (χ2v) is 4.90. The minimum absolute atomic E-state index is 0. The quantitative estimate of drug-likeness (QED) is 0.755. The Morgan fingerprint density at radius 1 is 1.00 bits per heavy atom. The Morgan fingerprint density at radius 2 is 1.74 bits per heavy atom. The number of halogens is 1. The van der Waals surface area contributed by atoms with Gasteiger partial charge in [0.25, 0.3) is 0 Å². The minimum atomic E-state index is 0. The SMILES string of the molecule is COc1ccc(CNCc2nncn2-c2ccccc2)cc1.Cl. The summed E-state index contributed by atoms with van der Waals surface area (Å²) in [6.45, 7) is 1.42. The molecule has 3 aromatic rings. The minimum Gasteiger partial charge on any atom is -0.497 e. The van der Waals surface area contributed by atoms with E-state index in [2.05, 4.69) is 15.5 Å². The summed E-state index contributed by atoms with van der Waals surface area (Å²) in [6.07, 6.45) is 1.74. The Kier molecular flexibility index (Phi) is 6.14. The number of para-hydroxylation sites is 1. The van der Waals surface area contributed by atoms with E-state index in [4.69, 9.17) is 4.74 Å². The third-order valence-corrected chi connectivity index (χ3v) is 3.42. The predicted octanol–water partition coefficient (Wildman–Crippen LogP) is 2.99. The fourth-order valence-corrected chi connectivity index (χ4v) is 2.25. The highest BCUT2D eigenvalue weighted by atomic mass is 35.5. The maximum atomic E-state index is 5.16. The first-order valence-corrected chi connectivity index (χ1v) is 7.15. The highest BCUT2D eigenvalue weighted by molar-refractivity contribution is 5.85. The summed E-state index contributed by atoms with van der Waals surface area (Å²) < 4.78 is 7.14. The van der Waals surface area contributed by atoms with Crippen LogP contribution in [-0.4, -0.2) is 21.9 Å². The van der Waals surface area contributed by atoms with Crippen molar-refractivity contribution in [2.45, 2.75) is 13.1 Å². The lowest BCUT2D eigenvalue weighted by Gasteiger charge is -2.08. The Hall–Kier alpha value is -2.37. The first-order chi connectivity index (χ1) is 10.9. The van der Waals surface area contributed by atoms with Crippen LogP contribution in [0.5, 0.6) is 5.75 Å². The van der Waals surface area contributed by atoms with Gasteiger partial charge in [0.2, 0.25) is 0 Å². The van der Waals surface area contributed by atoms with Gasteiger partial charge in [0.05, 0.1) is 13.7 Å². The molecule has 0 fully saturated rings. The second-order valence-electron chi connectivity index (χ2n) is 4.90. The van der Waals surface area contributed by atoms with Crippen LogP contribution in [0.25, 0.3) is 5.69 Å². The average molecular weight is 331 g/mol.